The van der Waals surface area contributed by atoms with Gasteiger partial charge in [0.15, 0.2) is 6.29 Å². The van der Waals surface area contributed by atoms with Gasteiger partial charge in [-0.15, -0.1) is 0 Å². The van der Waals surface area contributed by atoms with Crippen molar-refractivity contribution in [1.29, 1.82) is 0 Å². The van der Waals surface area contributed by atoms with Gasteiger partial charge in [0, 0.05) is 19.3 Å². The molecule has 1 N–H and O–H groups in total. The molecule has 0 aliphatic rings. The molecule has 0 saturated carbocycles. The number of aldehydes is 1. The van der Waals surface area contributed by atoms with Crippen LogP contribution in [-0.2, 0) is 0 Å². The van der Waals surface area contributed by atoms with Crippen molar-refractivity contribution in [2.24, 2.45) is 4.99 Å². The highest BCUT2D eigenvalue weighted by atomic mass is 16.3. The SMILES string of the molecule is C=CN(C=NC)c1ccc(C=O)c(O)c1. The quantitative estimate of drug-likeness (QED) is 0.462. The van der Waals surface area contributed by atoms with Crippen LogP contribution in [0.25, 0.3) is 0 Å². The molecular weight excluding hydrogens is 192 g/mol. The molecule has 0 heterocycles. The van der Waals surface area contributed by atoms with Crippen molar-refractivity contribution in [3.8, 4) is 5.75 Å². The fourth-order valence-corrected chi connectivity index (χ4v) is 1.14. The summed E-state index contributed by atoms with van der Waals surface area (Å²) in [6, 6.07) is 4.72. The Morgan fingerprint density at radius 2 is 2.27 bits per heavy atom. The zero-order valence-electron chi connectivity index (χ0n) is 8.42. The van der Waals surface area contributed by atoms with Gasteiger partial charge >= 0.3 is 0 Å². The molecule has 0 radical (unpaired) electrons. The van der Waals surface area contributed by atoms with Crippen LogP contribution in [0.2, 0.25) is 0 Å². The highest BCUT2D eigenvalue weighted by molar-refractivity contribution is 5.85. The minimum Gasteiger partial charge on any atom is -0.507 e. The van der Waals surface area contributed by atoms with Crippen molar-refractivity contribution < 1.29 is 9.90 Å². The number of phenols is 1. The minimum absolute atomic E-state index is 0.0566. The lowest BCUT2D eigenvalue weighted by atomic mass is 10.2. The number of benzene rings is 1. The van der Waals surface area contributed by atoms with E-state index in [4.69, 9.17) is 0 Å². The topological polar surface area (TPSA) is 52.9 Å². The van der Waals surface area contributed by atoms with Gasteiger partial charge in [-0.25, -0.2) is 0 Å². The molecular formula is C11H12N2O2. The van der Waals surface area contributed by atoms with Crippen LogP contribution < -0.4 is 4.90 Å². The van der Waals surface area contributed by atoms with Gasteiger partial charge in [0.05, 0.1) is 17.6 Å². The van der Waals surface area contributed by atoms with E-state index in [0.717, 1.165) is 0 Å². The first-order valence-corrected chi connectivity index (χ1v) is 4.34. The van der Waals surface area contributed by atoms with E-state index in [-0.39, 0.29) is 11.3 Å². The normalized spacial score (nSPS) is 10.2. The molecule has 0 aliphatic carbocycles. The van der Waals surface area contributed by atoms with E-state index < -0.39 is 0 Å². The van der Waals surface area contributed by atoms with Crippen LogP contribution >= 0.6 is 0 Å². The summed E-state index contributed by atoms with van der Waals surface area (Å²) >= 11 is 0. The average Bonchev–Trinajstić information content (AvgIpc) is 2.25. The molecule has 1 aromatic rings. The van der Waals surface area contributed by atoms with E-state index in [9.17, 15) is 9.90 Å². The first-order chi connectivity index (χ1) is 7.22. The third-order valence-corrected chi connectivity index (χ3v) is 1.88. The molecule has 0 amide bonds. The number of rotatable bonds is 4. The maximum atomic E-state index is 10.5. The summed E-state index contributed by atoms with van der Waals surface area (Å²) in [5.41, 5.74) is 0.954. The largest absolute Gasteiger partial charge is 0.507 e. The molecule has 4 nitrogen and oxygen atoms in total. The molecule has 0 bridgehead atoms. The Hall–Kier alpha value is -2.10. The Bertz CT molecular complexity index is 400. The lowest BCUT2D eigenvalue weighted by Crippen LogP contribution is -2.12. The standard InChI is InChI=1S/C11H12N2O2/c1-3-13(8-12-2)10-5-4-9(7-14)11(15)6-10/h3-8,15H,1H2,2H3. The van der Waals surface area contributed by atoms with Crippen LogP contribution in [-0.4, -0.2) is 24.8 Å². The van der Waals surface area contributed by atoms with Gasteiger partial charge in [-0.1, -0.05) is 6.58 Å². The lowest BCUT2D eigenvalue weighted by Gasteiger charge is -2.14. The smallest absolute Gasteiger partial charge is 0.153 e. The Morgan fingerprint density at radius 1 is 1.53 bits per heavy atom. The Morgan fingerprint density at radius 3 is 2.73 bits per heavy atom. The van der Waals surface area contributed by atoms with Gasteiger partial charge in [-0.2, -0.15) is 0 Å². The summed E-state index contributed by atoms with van der Waals surface area (Å²) < 4.78 is 0. The van der Waals surface area contributed by atoms with Crippen molar-refractivity contribution in [3.63, 3.8) is 0 Å². The summed E-state index contributed by atoms with van der Waals surface area (Å²) in [6.07, 6.45) is 3.72. The van der Waals surface area contributed by atoms with Crippen LogP contribution in [0.4, 0.5) is 5.69 Å². The highest BCUT2D eigenvalue weighted by Crippen LogP contribution is 2.22. The number of hydrogen-bond donors (Lipinski definition) is 1. The number of carbonyl (C=O) groups excluding carboxylic acids is 1. The van der Waals surface area contributed by atoms with Crippen LogP contribution in [0.3, 0.4) is 0 Å². The van der Waals surface area contributed by atoms with Gasteiger partial charge in [0.25, 0.3) is 0 Å². The zero-order valence-corrected chi connectivity index (χ0v) is 8.42. The first-order valence-electron chi connectivity index (χ1n) is 4.34. The number of anilines is 1. The summed E-state index contributed by atoms with van der Waals surface area (Å²) in [5, 5.41) is 9.47. The fourth-order valence-electron chi connectivity index (χ4n) is 1.14. The fraction of sp³-hybridized carbons (Fsp3) is 0.0909. The molecule has 1 rings (SSSR count). The maximum absolute atomic E-state index is 10.5. The van der Waals surface area contributed by atoms with Gasteiger partial charge in [0.2, 0.25) is 0 Å². The number of hydrogen-bond acceptors (Lipinski definition) is 3. The van der Waals surface area contributed by atoms with Gasteiger partial charge in [-0.05, 0) is 12.1 Å². The van der Waals surface area contributed by atoms with E-state index in [2.05, 4.69) is 11.6 Å². The third-order valence-electron chi connectivity index (χ3n) is 1.88. The van der Waals surface area contributed by atoms with E-state index in [1.165, 1.54) is 12.1 Å². The molecule has 0 fully saturated rings. The minimum atomic E-state index is -0.0566. The molecule has 0 unspecified atom stereocenters. The second-order valence-corrected chi connectivity index (χ2v) is 2.82. The molecule has 78 valence electrons. The summed E-state index contributed by atoms with van der Waals surface area (Å²) in [7, 11) is 1.64. The lowest BCUT2D eigenvalue weighted by molar-refractivity contribution is 0.112. The molecule has 0 atom stereocenters. The van der Waals surface area contributed by atoms with Crippen molar-refractivity contribution in [2.45, 2.75) is 0 Å². The van der Waals surface area contributed by atoms with E-state index in [1.807, 2.05) is 0 Å². The molecule has 0 aromatic heterocycles. The highest BCUT2D eigenvalue weighted by Gasteiger charge is 2.04. The second kappa shape index (κ2) is 4.95. The molecule has 15 heavy (non-hydrogen) atoms. The van der Waals surface area contributed by atoms with E-state index in [0.29, 0.717) is 12.0 Å². The molecule has 0 aliphatic heterocycles. The van der Waals surface area contributed by atoms with Gasteiger partial charge < -0.3 is 10.0 Å². The van der Waals surface area contributed by atoms with Gasteiger partial charge in [-0.3, -0.25) is 9.79 Å². The van der Waals surface area contributed by atoms with E-state index in [1.54, 1.807) is 30.6 Å². The number of aromatic hydroxyl groups is 1. The monoisotopic (exact) mass is 204 g/mol. The average molecular weight is 204 g/mol. The summed E-state index contributed by atoms with van der Waals surface area (Å²) in [4.78, 5) is 16.0. The van der Waals surface area contributed by atoms with Crippen molar-refractivity contribution in [1.82, 2.24) is 0 Å². The first kappa shape index (κ1) is 11.0. The van der Waals surface area contributed by atoms with Crippen molar-refractivity contribution >= 4 is 18.3 Å². The predicted octanol–water partition coefficient (Wildman–Crippen LogP) is 1.81. The Balaban J connectivity index is 3.10. The zero-order chi connectivity index (χ0) is 11.3. The molecule has 1 aromatic carbocycles. The van der Waals surface area contributed by atoms with Crippen molar-refractivity contribution in [2.75, 3.05) is 11.9 Å². The molecule has 4 heteroatoms. The van der Waals surface area contributed by atoms with Crippen molar-refractivity contribution in [3.05, 3.63) is 36.5 Å². The number of nitrogens with zero attached hydrogens (tertiary/aromatic N) is 2. The third kappa shape index (κ3) is 2.43. The number of aliphatic imine (C=N–C) groups is 1. The Labute approximate surface area is 88.2 Å². The maximum Gasteiger partial charge on any atom is 0.153 e. The second-order valence-electron chi connectivity index (χ2n) is 2.82. The van der Waals surface area contributed by atoms with Crippen LogP contribution in [0.5, 0.6) is 5.75 Å². The molecule has 0 saturated heterocycles. The van der Waals surface area contributed by atoms with Crippen LogP contribution in [0.1, 0.15) is 10.4 Å². The summed E-state index contributed by atoms with van der Waals surface area (Å²) in [5.74, 6) is -0.0566. The predicted molar refractivity (Wildman–Crippen MR) is 60.6 cm³/mol. The molecule has 0 spiro atoms. The van der Waals surface area contributed by atoms with Crippen LogP contribution in [0, 0.1) is 0 Å². The van der Waals surface area contributed by atoms with E-state index >= 15 is 0 Å². The number of carbonyl (C=O) groups is 1. The number of phenolic OH excluding ortho intramolecular Hbond substituents is 1. The summed E-state index contributed by atoms with van der Waals surface area (Å²) in [6.45, 7) is 3.61. The van der Waals surface area contributed by atoms with Crippen LogP contribution in [0.15, 0.2) is 36.0 Å². The Kier molecular flexibility index (Phi) is 3.62. The van der Waals surface area contributed by atoms with Gasteiger partial charge in [0.1, 0.15) is 5.75 Å².